The first-order valence-corrected chi connectivity index (χ1v) is 10.3. The number of imide groups is 1. The van der Waals surface area contributed by atoms with E-state index in [1.54, 1.807) is 54.6 Å². The second-order valence-electron chi connectivity index (χ2n) is 6.77. The van der Waals surface area contributed by atoms with Crippen LogP contribution in [0.25, 0.3) is 17.4 Å². The Bertz CT molecular complexity index is 1250. The molecule has 0 saturated carbocycles. The molecule has 0 aliphatic carbocycles. The average molecular weight is 448 g/mol. The summed E-state index contributed by atoms with van der Waals surface area (Å²) in [5, 5.41) is 11.2. The number of anilines is 1. The molecule has 0 radical (unpaired) electrons. The number of carboxylic acids is 1. The quantitative estimate of drug-likeness (QED) is 0.539. The fourth-order valence-electron chi connectivity index (χ4n) is 3.02. The SMILES string of the molecule is O=C(CN1C(=O)S/C(=C/c2ccc(-c3cccc(C(=O)O)c3)o2)C1=O)Nc1ccccc1. The van der Waals surface area contributed by atoms with Crippen LogP contribution in [0.2, 0.25) is 0 Å². The molecule has 1 aliphatic rings. The van der Waals surface area contributed by atoms with E-state index < -0.39 is 29.6 Å². The summed E-state index contributed by atoms with van der Waals surface area (Å²) in [5.41, 5.74) is 1.25. The van der Waals surface area contributed by atoms with E-state index in [1.807, 2.05) is 0 Å². The lowest BCUT2D eigenvalue weighted by Gasteiger charge is -2.12. The molecule has 1 fully saturated rings. The van der Waals surface area contributed by atoms with Crippen molar-refractivity contribution in [2.24, 2.45) is 0 Å². The van der Waals surface area contributed by atoms with E-state index >= 15 is 0 Å². The van der Waals surface area contributed by atoms with Gasteiger partial charge in [-0.2, -0.15) is 0 Å². The summed E-state index contributed by atoms with van der Waals surface area (Å²) in [4.78, 5) is 49.3. The minimum atomic E-state index is -1.05. The van der Waals surface area contributed by atoms with Gasteiger partial charge in [0.25, 0.3) is 11.1 Å². The maximum atomic E-state index is 12.6. The Labute approximate surface area is 186 Å². The summed E-state index contributed by atoms with van der Waals surface area (Å²) in [6.45, 7) is -0.401. The van der Waals surface area contributed by atoms with Gasteiger partial charge in [-0.05, 0) is 48.2 Å². The lowest BCUT2D eigenvalue weighted by molar-refractivity contribution is -0.127. The van der Waals surface area contributed by atoms with Crippen LogP contribution in [0.1, 0.15) is 16.1 Å². The number of nitrogens with zero attached hydrogens (tertiary/aromatic N) is 1. The van der Waals surface area contributed by atoms with Crippen LogP contribution >= 0.6 is 11.8 Å². The first kappa shape index (κ1) is 21.1. The van der Waals surface area contributed by atoms with Crippen molar-refractivity contribution in [3.8, 4) is 11.3 Å². The van der Waals surface area contributed by atoms with Gasteiger partial charge in [0.15, 0.2) is 0 Å². The molecule has 3 amide bonds. The molecule has 160 valence electrons. The Balaban J connectivity index is 1.47. The number of carboxylic acid groups (broad SMARTS) is 1. The number of amides is 3. The Morgan fingerprint density at radius 3 is 2.56 bits per heavy atom. The van der Waals surface area contributed by atoms with Crippen molar-refractivity contribution < 1.29 is 28.7 Å². The summed E-state index contributed by atoms with van der Waals surface area (Å²) < 4.78 is 5.70. The smallest absolute Gasteiger partial charge is 0.335 e. The number of hydrogen-bond acceptors (Lipinski definition) is 6. The van der Waals surface area contributed by atoms with Crippen molar-refractivity contribution in [2.75, 3.05) is 11.9 Å². The van der Waals surface area contributed by atoms with Gasteiger partial charge in [0.1, 0.15) is 18.1 Å². The number of carbonyl (C=O) groups is 4. The molecule has 3 aromatic rings. The van der Waals surface area contributed by atoms with Crippen LogP contribution in [0.15, 0.2) is 76.1 Å². The second kappa shape index (κ2) is 8.94. The zero-order valence-electron chi connectivity index (χ0n) is 16.5. The third-order valence-electron chi connectivity index (χ3n) is 4.53. The highest BCUT2D eigenvalue weighted by molar-refractivity contribution is 8.18. The normalized spacial score (nSPS) is 14.8. The molecular weight excluding hydrogens is 432 g/mol. The predicted octanol–water partition coefficient (Wildman–Crippen LogP) is 4.32. The molecule has 32 heavy (non-hydrogen) atoms. The maximum Gasteiger partial charge on any atom is 0.335 e. The van der Waals surface area contributed by atoms with Crippen LogP contribution in [0.4, 0.5) is 10.5 Å². The topological polar surface area (TPSA) is 117 Å². The number of benzene rings is 2. The summed E-state index contributed by atoms with van der Waals surface area (Å²) in [5.74, 6) is -1.39. The second-order valence-corrected chi connectivity index (χ2v) is 7.76. The number of rotatable bonds is 6. The minimum Gasteiger partial charge on any atom is -0.478 e. The monoisotopic (exact) mass is 448 g/mol. The van der Waals surface area contributed by atoms with E-state index in [9.17, 15) is 19.2 Å². The molecule has 0 bridgehead atoms. The van der Waals surface area contributed by atoms with Gasteiger partial charge in [-0.15, -0.1) is 0 Å². The van der Waals surface area contributed by atoms with Crippen LogP contribution in [-0.4, -0.2) is 39.6 Å². The zero-order valence-corrected chi connectivity index (χ0v) is 17.3. The summed E-state index contributed by atoms with van der Waals surface area (Å²) in [6, 6.07) is 18.2. The Hall–Kier alpha value is -4.11. The van der Waals surface area contributed by atoms with Crippen molar-refractivity contribution in [2.45, 2.75) is 0 Å². The molecule has 0 spiro atoms. The lowest BCUT2D eigenvalue weighted by Crippen LogP contribution is -2.36. The fraction of sp³-hybridized carbons (Fsp3) is 0.0435. The van der Waals surface area contributed by atoms with Gasteiger partial charge in [0, 0.05) is 17.3 Å². The maximum absolute atomic E-state index is 12.6. The molecule has 2 heterocycles. The van der Waals surface area contributed by atoms with Crippen molar-refractivity contribution in [3.63, 3.8) is 0 Å². The van der Waals surface area contributed by atoms with Crippen LogP contribution < -0.4 is 5.32 Å². The van der Waals surface area contributed by atoms with E-state index in [0.29, 0.717) is 22.8 Å². The molecule has 9 heteroatoms. The Morgan fingerprint density at radius 1 is 1.03 bits per heavy atom. The van der Waals surface area contributed by atoms with Gasteiger partial charge in [-0.25, -0.2) is 4.79 Å². The summed E-state index contributed by atoms with van der Waals surface area (Å²) in [7, 11) is 0. The van der Waals surface area contributed by atoms with E-state index in [1.165, 1.54) is 18.2 Å². The summed E-state index contributed by atoms with van der Waals surface area (Å²) in [6.07, 6.45) is 1.42. The van der Waals surface area contributed by atoms with Crippen molar-refractivity contribution in [1.29, 1.82) is 0 Å². The average Bonchev–Trinajstić information content (AvgIpc) is 3.35. The van der Waals surface area contributed by atoms with Crippen molar-refractivity contribution in [3.05, 3.63) is 83.0 Å². The molecule has 1 aliphatic heterocycles. The minimum absolute atomic E-state index is 0.121. The van der Waals surface area contributed by atoms with Gasteiger partial charge in [-0.3, -0.25) is 19.3 Å². The van der Waals surface area contributed by atoms with Gasteiger partial charge in [0.05, 0.1) is 10.5 Å². The third kappa shape index (κ3) is 4.62. The Morgan fingerprint density at radius 2 is 1.81 bits per heavy atom. The van der Waals surface area contributed by atoms with Crippen molar-refractivity contribution >= 4 is 46.5 Å². The highest BCUT2D eigenvalue weighted by Gasteiger charge is 2.36. The van der Waals surface area contributed by atoms with Gasteiger partial charge >= 0.3 is 5.97 Å². The van der Waals surface area contributed by atoms with Gasteiger partial charge < -0.3 is 14.8 Å². The number of furan rings is 1. The molecular formula is C23H16N2O6S. The zero-order chi connectivity index (χ0) is 22.7. The van der Waals surface area contributed by atoms with E-state index in [-0.39, 0.29) is 10.5 Å². The number of thioether (sulfide) groups is 1. The molecule has 4 rings (SSSR count). The largest absolute Gasteiger partial charge is 0.478 e. The number of para-hydroxylation sites is 1. The molecule has 0 atom stereocenters. The first-order valence-electron chi connectivity index (χ1n) is 9.44. The summed E-state index contributed by atoms with van der Waals surface area (Å²) >= 11 is 0.717. The first-order chi connectivity index (χ1) is 15.4. The number of aromatic carboxylic acids is 1. The highest BCUT2D eigenvalue weighted by atomic mass is 32.2. The standard InChI is InChI=1S/C23H16N2O6S/c26-20(24-16-7-2-1-3-8-16)13-25-21(27)19(32-23(25)30)12-17-9-10-18(31-17)14-5-4-6-15(11-14)22(28)29/h1-12H,13H2,(H,24,26)(H,28,29)/b19-12+. The molecule has 1 aromatic heterocycles. The van der Waals surface area contributed by atoms with Crippen LogP contribution in [0, 0.1) is 0 Å². The number of nitrogens with one attached hydrogen (secondary N) is 1. The molecule has 1 saturated heterocycles. The van der Waals surface area contributed by atoms with Crippen LogP contribution in [-0.2, 0) is 9.59 Å². The molecule has 0 unspecified atom stereocenters. The molecule has 2 N–H and O–H groups in total. The van der Waals surface area contributed by atoms with E-state index in [4.69, 9.17) is 9.52 Å². The lowest BCUT2D eigenvalue weighted by atomic mass is 10.1. The fourth-order valence-corrected chi connectivity index (χ4v) is 3.84. The van der Waals surface area contributed by atoms with Crippen LogP contribution in [0.3, 0.4) is 0 Å². The highest BCUT2D eigenvalue weighted by Crippen LogP contribution is 2.33. The van der Waals surface area contributed by atoms with Gasteiger partial charge in [-0.1, -0.05) is 30.3 Å². The van der Waals surface area contributed by atoms with Gasteiger partial charge in [0.2, 0.25) is 5.91 Å². The predicted molar refractivity (Wildman–Crippen MR) is 119 cm³/mol. The van der Waals surface area contributed by atoms with Crippen LogP contribution in [0.5, 0.6) is 0 Å². The molecule has 2 aromatic carbocycles. The van der Waals surface area contributed by atoms with E-state index in [2.05, 4.69) is 5.32 Å². The molecule has 8 nitrogen and oxygen atoms in total. The Kier molecular flexibility index (Phi) is 5.91. The third-order valence-corrected chi connectivity index (χ3v) is 5.43. The van der Waals surface area contributed by atoms with Crippen molar-refractivity contribution in [1.82, 2.24) is 4.90 Å². The number of hydrogen-bond donors (Lipinski definition) is 2. The number of carbonyl (C=O) groups excluding carboxylic acids is 3. The van der Waals surface area contributed by atoms with E-state index in [0.717, 1.165) is 16.7 Å².